The van der Waals surface area contributed by atoms with Crippen LogP contribution in [0.3, 0.4) is 0 Å². The largest absolute Gasteiger partial charge is 0.295 e. The molecule has 0 N–H and O–H groups in total. The first-order valence-electron chi connectivity index (χ1n) is 11.4. The fraction of sp³-hybridized carbons (Fsp3) is 0.308. The Bertz CT molecular complexity index is 1540. The van der Waals surface area contributed by atoms with Crippen molar-refractivity contribution in [3.05, 3.63) is 70.3 Å². The third-order valence-corrected chi connectivity index (χ3v) is 6.62. The SMILES string of the molecule is Cc1cc(C)cc(-n2c3nc4ccccc4nc3c3c(=O)n(C4CCCCC4)cnc32)c1. The monoisotopic (exact) mass is 423 g/mol. The van der Waals surface area contributed by atoms with E-state index in [1.807, 2.05) is 33.4 Å². The third kappa shape index (κ3) is 2.93. The van der Waals surface area contributed by atoms with Crippen molar-refractivity contribution in [2.45, 2.75) is 52.0 Å². The van der Waals surface area contributed by atoms with E-state index in [0.717, 1.165) is 53.5 Å². The Balaban J connectivity index is 1.74. The lowest BCUT2D eigenvalue weighted by Crippen LogP contribution is -2.26. The average Bonchev–Trinajstić information content (AvgIpc) is 3.11. The number of para-hydroxylation sites is 2. The number of benzene rings is 2. The number of hydrogen-bond donors (Lipinski definition) is 0. The highest BCUT2D eigenvalue weighted by Gasteiger charge is 2.24. The summed E-state index contributed by atoms with van der Waals surface area (Å²) in [5.74, 6) is 0. The lowest BCUT2D eigenvalue weighted by molar-refractivity contribution is 0.345. The van der Waals surface area contributed by atoms with Crippen LogP contribution in [0.25, 0.3) is 38.9 Å². The van der Waals surface area contributed by atoms with E-state index in [2.05, 4.69) is 32.0 Å². The molecule has 6 rings (SSSR count). The van der Waals surface area contributed by atoms with Gasteiger partial charge in [0, 0.05) is 11.7 Å². The summed E-state index contributed by atoms with van der Waals surface area (Å²) >= 11 is 0. The molecule has 2 aromatic carbocycles. The maximum atomic E-state index is 13.8. The molecule has 0 radical (unpaired) electrons. The molecule has 3 heterocycles. The maximum absolute atomic E-state index is 13.8. The van der Waals surface area contributed by atoms with Crippen molar-refractivity contribution < 1.29 is 0 Å². The highest BCUT2D eigenvalue weighted by molar-refractivity contribution is 6.05. The molecule has 0 aliphatic heterocycles. The zero-order chi connectivity index (χ0) is 21.8. The molecule has 1 fully saturated rings. The van der Waals surface area contributed by atoms with Gasteiger partial charge in [-0.3, -0.25) is 13.9 Å². The van der Waals surface area contributed by atoms with Gasteiger partial charge in [-0.1, -0.05) is 37.5 Å². The lowest BCUT2D eigenvalue weighted by Gasteiger charge is -2.23. The van der Waals surface area contributed by atoms with Gasteiger partial charge in [0.1, 0.15) is 17.2 Å². The first-order valence-corrected chi connectivity index (χ1v) is 11.4. The van der Waals surface area contributed by atoms with Gasteiger partial charge in [-0.15, -0.1) is 0 Å². The van der Waals surface area contributed by atoms with Crippen LogP contribution in [-0.4, -0.2) is 24.1 Å². The smallest absolute Gasteiger partial charge is 0.265 e. The van der Waals surface area contributed by atoms with Gasteiger partial charge in [-0.05, 0) is 62.1 Å². The number of fused-ring (bicyclic) bond motifs is 4. The Labute approximate surface area is 185 Å². The minimum absolute atomic E-state index is 0.0143. The Morgan fingerprint density at radius 2 is 1.56 bits per heavy atom. The van der Waals surface area contributed by atoms with Crippen molar-refractivity contribution in [1.82, 2.24) is 24.1 Å². The highest BCUT2D eigenvalue weighted by Crippen LogP contribution is 2.31. The number of rotatable bonds is 2. The lowest BCUT2D eigenvalue weighted by atomic mass is 9.95. The highest BCUT2D eigenvalue weighted by atomic mass is 16.1. The molecular weight excluding hydrogens is 398 g/mol. The molecule has 1 saturated carbocycles. The summed E-state index contributed by atoms with van der Waals surface area (Å²) in [6, 6.07) is 14.4. The predicted octanol–water partition coefficient (Wildman–Crippen LogP) is 5.41. The summed E-state index contributed by atoms with van der Waals surface area (Å²) in [4.78, 5) is 28.5. The summed E-state index contributed by atoms with van der Waals surface area (Å²) < 4.78 is 3.83. The Kier molecular flexibility index (Phi) is 4.35. The van der Waals surface area contributed by atoms with Gasteiger partial charge in [0.05, 0.1) is 11.0 Å². The molecule has 1 aliphatic rings. The zero-order valence-electron chi connectivity index (χ0n) is 18.4. The first-order chi connectivity index (χ1) is 15.6. The van der Waals surface area contributed by atoms with Crippen molar-refractivity contribution in [3.63, 3.8) is 0 Å². The van der Waals surface area contributed by atoms with Crippen LogP contribution >= 0.6 is 0 Å². The van der Waals surface area contributed by atoms with E-state index in [1.54, 1.807) is 6.33 Å². The predicted molar refractivity (Wildman–Crippen MR) is 128 cm³/mol. The number of hydrogen-bond acceptors (Lipinski definition) is 4. The van der Waals surface area contributed by atoms with Crippen molar-refractivity contribution in [2.75, 3.05) is 0 Å². The van der Waals surface area contributed by atoms with Crippen molar-refractivity contribution in [1.29, 1.82) is 0 Å². The van der Waals surface area contributed by atoms with Crippen LogP contribution in [0.2, 0.25) is 0 Å². The molecule has 160 valence electrons. The summed E-state index contributed by atoms with van der Waals surface area (Å²) in [7, 11) is 0. The fourth-order valence-corrected chi connectivity index (χ4v) is 5.19. The Morgan fingerprint density at radius 1 is 0.875 bits per heavy atom. The van der Waals surface area contributed by atoms with Gasteiger partial charge in [0.15, 0.2) is 11.3 Å². The van der Waals surface area contributed by atoms with E-state index >= 15 is 0 Å². The molecule has 1 aliphatic carbocycles. The van der Waals surface area contributed by atoms with Crippen LogP contribution in [0.1, 0.15) is 49.3 Å². The second-order valence-corrected chi connectivity index (χ2v) is 9.01. The topological polar surface area (TPSA) is 65.6 Å². The number of nitrogens with zero attached hydrogens (tertiary/aromatic N) is 5. The minimum atomic E-state index is -0.0143. The molecule has 3 aromatic heterocycles. The van der Waals surface area contributed by atoms with Gasteiger partial charge >= 0.3 is 0 Å². The van der Waals surface area contributed by atoms with Gasteiger partial charge in [0.25, 0.3) is 5.56 Å². The van der Waals surface area contributed by atoms with Crippen LogP contribution < -0.4 is 5.56 Å². The Hall–Kier alpha value is -3.54. The van der Waals surface area contributed by atoms with E-state index in [0.29, 0.717) is 22.2 Å². The summed E-state index contributed by atoms with van der Waals surface area (Å²) in [5, 5.41) is 0.561. The van der Waals surface area contributed by atoms with Crippen molar-refractivity contribution in [3.8, 4) is 5.69 Å². The summed E-state index contributed by atoms with van der Waals surface area (Å²) in [6.07, 6.45) is 7.34. The summed E-state index contributed by atoms with van der Waals surface area (Å²) in [5.41, 5.74) is 6.76. The molecule has 6 nitrogen and oxygen atoms in total. The second-order valence-electron chi connectivity index (χ2n) is 9.01. The van der Waals surface area contributed by atoms with Gasteiger partial charge in [-0.2, -0.15) is 0 Å². The number of aryl methyl sites for hydroxylation is 2. The van der Waals surface area contributed by atoms with Crippen LogP contribution in [-0.2, 0) is 0 Å². The van der Waals surface area contributed by atoms with E-state index in [1.165, 1.54) is 6.42 Å². The van der Waals surface area contributed by atoms with Crippen LogP contribution in [0.15, 0.2) is 53.6 Å². The molecule has 32 heavy (non-hydrogen) atoms. The molecular formula is C26H25N5O. The van der Waals surface area contributed by atoms with E-state index in [9.17, 15) is 4.79 Å². The van der Waals surface area contributed by atoms with Gasteiger partial charge in [-0.25, -0.2) is 15.0 Å². The second kappa shape index (κ2) is 7.26. The van der Waals surface area contributed by atoms with E-state index in [-0.39, 0.29) is 11.6 Å². The molecule has 0 spiro atoms. The van der Waals surface area contributed by atoms with Crippen molar-refractivity contribution in [2.24, 2.45) is 0 Å². The zero-order valence-corrected chi connectivity index (χ0v) is 18.4. The van der Waals surface area contributed by atoms with Crippen LogP contribution in [0.5, 0.6) is 0 Å². The quantitative estimate of drug-likeness (QED) is 0.381. The fourth-order valence-electron chi connectivity index (χ4n) is 5.19. The van der Waals surface area contributed by atoms with E-state index in [4.69, 9.17) is 15.0 Å². The molecule has 0 saturated heterocycles. The molecule has 6 heteroatoms. The normalized spacial score (nSPS) is 15.2. The first kappa shape index (κ1) is 19.2. The number of aromatic nitrogens is 5. The summed E-state index contributed by atoms with van der Waals surface area (Å²) in [6.45, 7) is 4.16. The Morgan fingerprint density at radius 3 is 2.28 bits per heavy atom. The third-order valence-electron chi connectivity index (χ3n) is 6.62. The minimum Gasteiger partial charge on any atom is -0.295 e. The van der Waals surface area contributed by atoms with Crippen LogP contribution in [0.4, 0.5) is 0 Å². The van der Waals surface area contributed by atoms with Gasteiger partial charge < -0.3 is 0 Å². The van der Waals surface area contributed by atoms with Crippen LogP contribution in [0, 0.1) is 13.8 Å². The molecule has 0 unspecified atom stereocenters. The molecule has 0 amide bonds. The molecule has 5 aromatic rings. The van der Waals surface area contributed by atoms with Gasteiger partial charge in [0.2, 0.25) is 0 Å². The molecule has 0 atom stereocenters. The standard InChI is InChI=1S/C26H25N5O/c1-16-12-17(2)14-19(13-16)31-24-22(23-25(31)29-21-11-7-6-10-20(21)28-23)26(32)30(15-27-24)18-8-4-3-5-9-18/h6-7,10-15,18H,3-5,8-9H2,1-2H3. The molecule has 0 bridgehead atoms. The average molecular weight is 424 g/mol. The maximum Gasteiger partial charge on any atom is 0.265 e. The van der Waals surface area contributed by atoms with E-state index < -0.39 is 0 Å². The van der Waals surface area contributed by atoms with Crippen molar-refractivity contribution >= 4 is 33.2 Å².